The third-order valence-corrected chi connectivity index (χ3v) is 3.65. The molecule has 0 spiro atoms. The minimum absolute atomic E-state index is 0.127. The van der Waals surface area contributed by atoms with E-state index in [4.69, 9.17) is 23.2 Å². The van der Waals surface area contributed by atoms with E-state index in [0.717, 1.165) is 4.47 Å². The van der Waals surface area contributed by atoms with Gasteiger partial charge >= 0.3 is 0 Å². The Hall–Kier alpha value is -1.17. The van der Waals surface area contributed by atoms with Crippen molar-refractivity contribution in [3.05, 3.63) is 62.1 Å². The second-order valence-electron chi connectivity index (χ2n) is 4.40. The van der Waals surface area contributed by atoms with Crippen LogP contribution in [-0.2, 0) is 6.54 Å². The van der Waals surface area contributed by atoms with Crippen LogP contribution in [0, 0.1) is 5.82 Å². The molecule has 0 atom stereocenters. The fourth-order valence-electron chi connectivity index (χ4n) is 1.80. The molecule has 2 rings (SSSR count). The average molecular weight is 392 g/mol. The Balaban J connectivity index is 2.21. The van der Waals surface area contributed by atoms with E-state index >= 15 is 0 Å². The van der Waals surface area contributed by atoms with Crippen LogP contribution in [-0.4, -0.2) is 22.8 Å². The van der Waals surface area contributed by atoms with E-state index in [1.165, 1.54) is 23.1 Å². The number of nitrogens with zero attached hydrogens (tertiary/aromatic N) is 2. The molecule has 0 aliphatic rings. The summed E-state index contributed by atoms with van der Waals surface area (Å²) in [5.74, 6) is -0.691. The van der Waals surface area contributed by atoms with Crippen molar-refractivity contribution >= 4 is 45.0 Å². The number of aromatic nitrogens is 1. The third kappa shape index (κ3) is 4.15. The lowest BCUT2D eigenvalue weighted by molar-refractivity contribution is 0.0783. The topological polar surface area (TPSA) is 33.2 Å². The van der Waals surface area contributed by atoms with E-state index in [1.54, 1.807) is 19.2 Å². The lowest BCUT2D eigenvalue weighted by atomic mass is 10.2. The molecule has 110 valence electrons. The number of hydrogen-bond donors (Lipinski definition) is 0. The van der Waals surface area contributed by atoms with Gasteiger partial charge in [-0.3, -0.25) is 4.79 Å². The Morgan fingerprint density at radius 1 is 1.29 bits per heavy atom. The first kappa shape index (κ1) is 16.2. The number of rotatable bonds is 3. The van der Waals surface area contributed by atoms with Gasteiger partial charge in [0.15, 0.2) is 0 Å². The number of carbonyl (C=O) groups is 1. The Morgan fingerprint density at radius 3 is 2.52 bits per heavy atom. The molecule has 0 bridgehead atoms. The number of amides is 1. The van der Waals surface area contributed by atoms with Gasteiger partial charge in [-0.2, -0.15) is 0 Å². The zero-order chi connectivity index (χ0) is 15.6. The van der Waals surface area contributed by atoms with Crippen molar-refractivity contribution in [2.45, 2.75) is 6.54 Å². The van der Waals surface area contributed by atoms with Crippen molar-refractivity contribution in [1.82, 2.24) is 9.88 Å². The predicted molar refractivity (Wildman–Crippen MR) is 84.2 cm³/mol. The molecule has 21 heavy (non-hydrogen) atoms. The van der Waals surface area contributed by atoms with Crippen LogP contribution in [0.4, 0.5) is 4.39 Å². The molecule has 0 radical (unpaired) electrons. The first-order valence-electron chi connectivity index (χ1n) is 5.89. The molecule has 0 aliphatic carbocycles. The summed E-state index contributed by atoms with van der Waals surface area (Å²) in [5.41, 5.74) is 0.712. The summed E-state index contributed by atoms with van der Waals surface area (Å²) in [7, 11) is 1.57. The maximum atomic E-state index is 13.7. The summed E-state index contributed by atoms with van der Waals surface area (Å²) in [6.07, 6.45) is 0. The van der Waals surface area contributed by atoms with Crippen LogP contribution >= 0.6 is 39.1 Å². The van der Waals surface area contributed by atoms with Crippen molar-refractivity contribution in [3.63, 3.8) is 0 Å². The second-order valence-corrected chi connectivity index (χ2v) is 6.09. The Bertz CT molecular complexity index is 676. The van der Waals surface area contributed by atoms with Crippen molar-refractivity contribution in [2.24, 2.45) is 0 Å². The normalized spacial score (nSPS) is 10.5. The molecule has 7 heteroatoms. The summed E-state index contributed by atoms with van der Waals surface area (Å²) in [6.45, 7) is 0.127. The summed E-state index contributed by atoms with van der Waals surface area (Å²) < 4.78 is 14.5. The van der Waals surface area contributed by atoms with Crippen molar-refractivity contribution in [1.29, 1.82) is 0 Å². The molecule has 0 saturated heterocycles. The van der Waals surface area contributed by atoms with Crippen molar-refractivity contribution in [2.75, 3.05) is 7.05 Å². The molecule has 0 unspecified atom stereocenters. The molecule has 2 aromatic rings. The molecule has 1 heterocycles. The molecule has 1 aromatic heterocycles. The third-order valence-electron chi connectivity index (χ3n) is 2.77. The second kappa shape index (κ2) is 6.73. The van der Waals surface area contributed by atoms with Gasteiger partial charge in [-0.15, -0.1) is 0 Å². The van der Waals surface area contributed by atoms with E-state index in [9.17, 15) is 9.18 Å². The van der Waals surface area contributed by atoms with Crippen LogP contribution in [0.2, 0.25) is 10.3 Å². The van der Waals surface area contributed by atoms with Gasteiger partial charge in [-0.05, 0) is 30.3 Å². The average Bonchev–Trinajstić information content (AvgIpc) is 2.41. The number of hydrogen-bond acceptors (Lipinski definition) is 2. The predicted octanol–water partition coefficient (Wildman–Crippen LogP) is 4.56. The first-order valence-corrected chi connectivity index (χ1v) is 7.44. The van der Waals surface area contributed by atoms with Gasteiger partial charge in [0, 0.05) is 29.2 Å². The highest BCUT2D eigenvalue weighted by Gasteiger charge is 2.15. The van der Waals surface area contributed by atoms with Crippen LogP contribution < -0.4 is 0 Å². The summed E-state index contributed by atoms with van der Waals surface area (Å²) in [4.78, 5) is 17.5. The largest absolute Gasteiger partial charge is 0.337 e. The SMILES string of the molecule is CN(Cc1cc(Br)ccc1F)C(=O)c1cc(Cl)nc(Cl)c1. The summed E-state index contributed by atoms with van der Waals surface area (Å²) in [6, 6.07) is 7.42. The number of halogens is 4. The molecule has 3 nitrogen and oxygen atoms in total. The van der Waals surface area contributed by atoms with E-state index in [-0.39, 0.29) is 28.6 Å². The van der Waals surface area contributed by atoms with Crippen LogP contribution in [0.3, 0.4) is 0 Å². The monoisotopic (exact) mass is 390 g/mol. The Labute approximate surface area is 139 Å². The minimum Gasteiger partial charge on any atom is -0.337 e. The minimum atomic E-state index is -0.372. The molecule has 1 amide bonds. The lowest BCUT2D eigenvalue weighted by Crippen LogP contribution is -2.26. The van der Waals surface area contributed by atoms with Crippen LogP contribution in [0.25, 0.3) is 0 Å². The lowest BCUT2D eigenvalue weighted by Gasteiger charge is -2.18. The highest BCUT2D eigenvalue weighted by molar-refractivity contribution is 9.10. The number of pyridine rings is 1. The smallest absolute Gasteiger partial charge is 0.254 e. The Kier molecular flexibility index (Phi) is 5.19. The van der Waals surface area contributed by atoms with E-state index in [2.05, 4.69) is 20.9 Å². The molecule has 0 saturated carbocycles. The standard InChI is InChI=1S/C14H10BrCl2FN2O/c1-20(7-9-4-10(15)2-3-11(9)18)14(21)8-5-12(16)19-13(17)6-8/h2-6H,7H2,1H3. The van der Waals surface area contributed by atoms with Gasteiger partial charge in [-0.25, -0.2) is 9.37 Å². The van der Waals surface area contributed by atoms with E-state index in [0.29, 0.717) is 11.1 Å². The van der Waals surface area contributed by atoms with Crippen molar-refractivity contribution < 1.29 is 9.18 Å². The summed E-state index contributed by atoms with van der Waals surface area (Å²) >= 11 is 14.8. The van der Waals surface area contributed by atoms with Gasteiger partial charge in [0.2, 0.25) is 0 Å². The quantitative estimate of drug-likeness (QED) is 0.718. The molecule has 0 aliphatic heterocycles. The maximum absolute atomic E-state index is 13.7. The molecule has 0 fully saturated rings. The highest BCUT2D eigenvalue weighted by atomic mass is 79.9. The van der Waals surface area contributed by atoms with Gasteiger partial charge in [0.1, 0.15) is 16.1 Å². The molecular weight excluding hydrogens is 382 g/mol. The van der Waals surface area contributed by atoms with Gasteiger partial charge in [0.25, 0.3) is 5.91 Å². The van der Waals surface area contributed by atoms with Crippen LogP contribution in [0.15, 0.2) is 34.8 Å². The van der Waals surface area contributed by atoms with Crippen molar-refractivity contribution in [3.8, 4) is 0 Å². The first-order chi connectivity index (χ1) is 9.86. The van der Waals surface area contributed by atoms with Crippen LogP contribution in [0.5, 0.6) is 0 Å². The Morgan fingerprint density at radius 2 is 1.90 bits per heavy atom. The summed E-state index contributed by atoms with van der Waals surface area (Å²) in [5, 5.41) is 0.265. The zero-order valence-corrected chi connectivity index (χ0v) is 14.0. The van der Waals surface area contributed by atoms with E-state index < -0.39 is 0 Å². The highest BCUT2D eigenvalue weighted by Crippen LogP contribution is 2.19. The van der Waals surface area contributed by atoms with E-state index in [1.807, 2.05) is 0 Å². The molecule has 1 aromatic carbocycles. The molecular formula is C14H10BrCl2FN2O. The number of benzene rings is 1. The number of carbonyl (C=O) groups excluding carboxylic acids is 1. The molecule has 0 N–H and O–H groups in total. The zero-order valence-electron chi connectivity index (χ0n) is 10.9. The van der Waals surface area contributed by atoms with Gasteiger partial charge in [0.05, 0.1) is 0 Å². The van der Waals surface area contributed by atoms with Crippen LogP contribution in [0.1, 0.15) is 15.9 Å². The maximum Gasteiger partial charge on any atom is 0.254 e. The van der Waals surface area contributed by atoms with Gasteiger partial charge < -0.3 is 4.90 Å². The van der Waals surface area contributed by atoms with Gasteiger partial charge in [-0.1, -0.05) is 39.1 Å². The fourth-order valence-corrected chi connectivity index (χ4v) is 2.67. The fraction of sp³-hybridized carbons (Fsp3) is 0.143.